The molecule has 1 fully saturated rings. The average Bonchev–Trinajstić information content (AvgIpc) is 2.99. The maximum Gasteiger partial charge on any atom is 0.213 e. The summed E-state index contributed by atoms with van der Waals surface area (Å²) in [5.41, 5.74) is 1.29. The number of hydrogen-bond donors (Lipinski definition) is 0. The van der Waals surface area contributed by atoms with Crippen molar-refractivity contribution in [3.05, 3.63) is 42.6 Å². The quantitative estimate of drug-likeness (QED) is 0.859. The molecule has 0 N–H and O–H groups in total. The monoisotopic (exact) mass is 328 g/mol. The Hall–Kier alpha value is -1.92. The fourth-order valence-corrected chi connectivity index (χ4v) is 3.65. The first kappa shape index (κ1) is 15.6. The number of aromatic nitrogens is 3. The van der Waals surface area contributed by atoms with Crippen molar-refractivity contribution in [2.45, 2.75) is 32.0 Å². The minimum atomic E-state index is 0.422. The van der Waals surface area contributed by atoms with E-state index < -0.39 is 0 Å². The molecule has 2 aromatic rings. The van der Waals surface area contributed by atoms with Crippen molar-refractivity contribution < 1.29 is 9.47 Å². The molecule has 2 aliphatic heterocycles. The van der Waals surface area contributed by atoms with Gasteiger partial charge in [-0.15, -0.1) is 0 Å². The van der Waals surface area contributed by atoms with Crippen molar-refractivity contribution in [1.29, 1.82) is 0 Å². The normalized spacial score (nSPS) is 22.8. The lowest BCUT2D eigenvalue weighted by Crippen LogP contribution is -2.41. The topological polar surface area (TPSA) is 52.4 Å². The third-order valence-electron chi connectivity index (χ3n) is 4.92. The van der Waals surface area contributed by atoms with Gasteiger partial charge in [-0.3, -0.25) is 4.90 Å². The Kier molecular flexibility index (Phi) is 4.76. The minimum absolute atomic E-state index is 0.422. The highest BCUT2D eigenvalue weighted by atomic mass is 16.5. The average molecular weight is 328 g/mol. The fraction of sp³-hybridized carbons (Fsp3) is 0.556. The third-order valence-corrected chi connectivity index (χ3v) is 4.92. The van der Waals surface area contributed by atoms with E-state index in [-0.39, 0.29) is 0 Å². The maximum absolute atomic E-state index is 5.93. The van der Waals surface area contributed by atoms with Gasteiger partial charge in [-0.05, 0) is 18.9 Å². The summed E-state index contributed by atoms with van der Waals surface area (Å²) in [7, 11) is 0. The van der Waals surface area contributed by atoms with E-state index in [1.165, 1.54) is 5.69 Å². The molecule has 0 aromatic carbocycles. The van der Waals surface area contributed by atoms with Gasteiger partial charge in [0.25, 0.3) is 0 Å². The van der Waals surface area contributed by atoms with Crippen LogP contribution in [0.4, 0.5) is 0 Å². The van der Waals surface area contributed by atoms with Crippen LogP contribution in [0, 0.1) is 5.92 Å². The summed E-state index contributed by atoms with van der Waals surface area (Å²) < 4.78 is 13.7. The molecule has 0 unspecified atom stereocenters. The highest BCUT2D eigenvalue weighted by molar-refractivity contribution is 5.09. The molecule has 4 heterocycles. The van der Waals surface area contributed by atoms with Crippen LogP contribution in [0.3, 0.4) is 0 Å². The molecule has 1 atom stereocenters. The first-order valence-electron chi connectivity index (χ1n) is 8.73. The molecule has 0 radical (unpaired) electrons. The van der Waals surface area contributed by atoms with E-state index in [0.717, 1.165) is 45.7 Å². The van der Waals surface area contributed by atoms with Gasteiger partial charge in [0, 0.05) is 63.3 Å². The predicted octanol–water partition coefficient (Wildman–Crippen LogP) is 1.97. The van der Waals surface area contributed by atoms with Crippen LogP contribution in [0.5, 0.6) is 5.88 Å². The number of hydrogen-bond acceptors (Lipinski definition) is 5. The lowest BCUT2D eigenvalue weighted by Gasteiger charge is -2.34. The second kappa shape index (κ2) is 7.32. The molecular formula is C18H24N4O2. The number of fused-ring (bicyclic) bond motifs is 1. The highest BCUT2D eigenvalue weighted by Gasteiger charge is 2.28. The molecular weight excluding hydrogens is 304 g/mol. The van der Waals surface area contributed by atoms with Gasteiger partial charge in [0.1, 0.15) is 0 Å². The molecule has 0 saturated carbocycles. The summed E-state index contributed by atoms with van der Waals surface area (Å²) in [5.74, 6) is 1.12. The number of pyridine rings is 1. The van der Waals surface area contributed by atoms with Crippen molar-refractivity contribution in [2.24, 2.45) is 5.92 Å². The van der Waals surface area contributed by atoms with E-state index in [0.29, 0.717) is 24.4 Å². The summed E-state index contributed by atoms with van der Waals surface area (Å²) in [4.78, 5) is 11.2. The van der Waals surface area contributed by atoms with Gasteiger partial charge in [-0.2, -0.15) is 0 Å². The van der Waals surface area contributed by atoms with E-state index in [9.17, 15) is 0 Å². The lowest BCUT2D eigenvalue weighted by molar-refractivity contribution is 0.0233. The zero-order valence-electron chi connectivity index (χ0n) is 13.9. The summed E-state index contributed by atoms with van der Waals surface area (Å²) in [6, 6.07) is 6.37. The summed E-state index contributed by atoms with van der Waals surface area (Å²) in [5, 5.41) is 0. The van der Waals surface area contributed by atoms with Gasteiger partial charge in [0.2, 0.25) is 5.88 Å². The van der Waals surface area contributed by atoms with Crippen LogP contribution >= 0.6 is 0 Å². The van der Waals surface area contributed by atoms with Gasteiger partial charge in [0.15, 0.2) is 0 Å². The molecule has 24 heavy (non-hydrogen) atoms. The molecule has 2 aliphatic rings. The van der Waals surface area contributed by atoms with E-state index in [4.69, 9.17) is 9.47 Å². The lowest BCUT2D eigenvalue weighted by atomic mass is 10.0. The molecule has 0 bridgehead atoms. The maximum atomic E-state index is 5.93. The zero-order chi connectivity index (χ0) is 16.2. The number of nitrogens with zero attached hydrogens (tertiary/aromatic N) is 4. The molecule has 1 saturated heterocycles. The van der Waals surface area contributed by atoms with Gasteiger partial charge in [-0.1, -0.05) is 6.07 Å². The van der Waals surface area contributed by atoms with Crippen LogP contribution in [-0.2, 0) is 17.8 Å². The van der Waals surface area contributed by atoms with Crippen LogP contribution in [0.2, 0.25) is 0 Å². The number of ether oxygens (including phenoxy) is 2. The van der Waals surface area contributed by atoms with Crippen molar-refractivity contribution in [3.8, 4) is 5.88 Å². The van der Waals surface area contributed by atoms with Crippen molar-refractivity contribution in [2.75, 3.05) is 26.4 Å². The molecule has 0 aliphatic carbocycles. The molecule has 6 heteroatoms. The van der Waals surface area contributed by atoms with Crippen molar-refractivity contribution >= 4 is 0 Å². The second-order valence-corrected chi connectivity index (χ2v) is 6.66. The van der Waals surface area contributed by atoms with Gasteiger partial charge >= 0.3 is 0 Å². The standard InChI is InChI=1S/C18H24N4O2/c1-2-6-20-18(3-1)24-13-15-10-21(16-4-7-23-8-5-16)12-17-9-19-14-22(17)11-15/h1-3,6,9,14-16H,4-5,7-8,10-13H2/t15-/m1/s1. The molecule has 0 amide bonds. The Balaban J connectivity index is 1.46. The van der Waals surface area contributed by atoms with Crippen LogP contribution in [0.25, 0.3) is 0 Å². The molecule has 6 nitrogen and oxygen atoms in total. The van der Waals surface area contributed by atoms with E-state index in [1.807, 2.05) is 30.7 Å². The first-order chi connectivity index (χ1) is 11.9. The largest absolute Gasteiger partial charge is 0.477 e. The Morgan fingerprint density at radius 2 is 2.12 bits per heavy atom. The Labute approximate surface area is 142 Å². The number of rotatable bonds is 4. The van der Waals surface area contributed by atoms with Crippen LogP contribution < -0.4 is 4.74 Å². The Morgan fingerprint density at radius 3 is 2.96 bits per heavy atom. The molecule has 0 spiro atoms. The summed E-state index contributed by atoms with van der Waals surface area (Å²) >= 11 is 0. The molecule has 128 valence electrons. The second-order valence-electron chi connectivity index (χ2n) is 6.66. The number of imidazole rings is 1. The van der Waals surface area contributed by atoms with Gasteiger partial charge < -0.3 is 14.0 Å². The van der Waals surface area contributed by atoms with Crippen LogP contribution in [-0.4, -0.2) is 51.8 Å². The van der Waals surface area contributed by atoms with Crippen molar-refractivity contribution in [1.82, 2.24) is 19.4 Å². The predicted molar refractivity (Wildman–Crippen MR) is 89.7 cm³/mol. The van der Waals surface area contributed by atoms with Crippen LogP contribution in [0.15, 0.2) is 36.9 Å². The Bertz CT molecular complexity index is 639. The zero-order valence-corrected chi connectivity index (χ0v) is 13.9. The summed E-state index contributed by atoms with van der Waals surface area (Å²) in [6.45, 7) is 5.37. The fourth-order valence-electron chi connectivity index (χ4n) is 3.65. The molecule has 2 aromatic heterocycles. The minimum Gasteiger partial charge on any atom is -0.477 e. The van der Waals surface area contributed by atoms with Gasteiger partial charge in [-0.25, -0.2) is 9.97 Å². The first-order valence-corrected chi connectivity index (χ1v) is 8.73. The van der Waals surface area contributed by atoms with E-state index >= 15 is 0 Å². The SMILES string of the molecule is c1ccc(OC[C@@H]2CN(C3CCOCC3)Cc3cncn3C2)nc1. The third kappa shape index (κ3) is 3.60. The van der Waals surface area contributed by atoms with E-state index in [2.05, 4.69) is 19.4 Å². The molecule has 4 rings (SSSR count). The van der Waals surface area contributed by atoms with Crippen LogP contribution in [0.1, 0.15) is 18.5 Å². The smallest absolute Gasteiger partial charge is 0.213 e. The summed E-state index contributed by atoms with van der Waals surface area (Å²) in [6.07, 6.45) is 7.93. The van der Waals surface area contributed by atoms with E-state index in [1.54, 1.807) is 6.20 Å². The van der Waals surface area contributed by atoms with Gasteiger partial charge in [0.05, 0.1) is 18.6 Å². The highest BCUT2D eigenvalue weighted by Crippen LogP contribution is 2.23. The van der Waals surface area contributed by atoms with Crippen molar-refractivity contribution in [3.63, 3.8) is 0 Å². The Morgan fingerprint density at radius 1 is 1.21 bits per heavy atom.